The van der Waals surface area contributed by atoms with Crippen LogP contribution in [0.3, 0.4) is 0 Å². The molecule has 1 aliphatic rings. The van der Waals surface area contributed by atoms with Crippen molar-refractivity contribution in [1.29, 1.82) is 0 Å². The van der Waals surface area contributed by atoms with Crippen LogP contribution in [0.4, 0.5) is 0 Å². The predicted molar refractivity (Wildman–Crippen MR) is 54.6 cm³/mol. The SMILES string of the molecule is c1cnc(CSCC2CNC2)nc1. The van der Waals surface area contributed by atoms with E-state index in [9.17, 15) is 0 Å². The van der Waals surface area contributed by atoms with Crippen LogP contribution in [0, 0.1) is 5.92 Å². The summed E-state index contributed by atoms with van der Waals surface area (Å²) in [5, 5.41) is 3.27. The van der Waals surface area contributed by atoms with E-state index < -0.39 is 0 Å². The quantitative estimate of drug-likeness (QED) is 0.775. The standard InChI is InChI=1S/C9H13N3S/c1-2-11-9(12-3-1)7-13-6-8-4-10-5-8/h1-3,8,10H,4-7H2. The molecule has 13 heavy (non-hydrogen) atoms. The van der Waals surface area contributed by atoms with Gasteiger partial charge in [-0.25, -0.2) is 9.97 Å². The van der Waals surface area contributed by atoms with Crippen LogP contribution >= 0.6 is 11.8 Å². The summed E-state index contributed by atoms with van der Waals surface area (Å²) in [5.74, 6) is 3.98. The molecular formula is C9H13N3S. The Bertz CT molecular complexity index is 248. The fourth-order valence-electron chi connectivity index (χ4n) is 1.19. The summed E-state index contributed by atoms with van der Waals surface area (Å²) in [6.45, 7) is 2.37. The van der Waals surface area contributed by atoms with E-state index in [0.29, 0.717) is 0 Å². The molecule has 2 heterocycles. The molecule has 0 radical (unpaired) electrons. The number of hydrogen-bond acceptors (Lipinski definition) is 4. The molecule has 1 saturated heterocycles. The maximum atomic E-state index is 4.17. The first kappa shape index (κ1) is 8.97. The van der Waals surface area contributed by atoms with E-state index >= 15 is 0 Å². The Balaban J connectivity index is 1.67. The van der Waals surface area contributed by atoms with Crippen LogP contribution in [-0.2, 0) is 5.75 Å². The van der Waals surface area contributed by atoms with E-state index in [1.807, 2.05) is 17.8 Å². The lowest BCUT2D eigenvalue weighted by Gasteiger charge is -2.26. The summed E-state index contributed by atoms with van der Waals surface area (Å²) >= 11 is 1.93. The lowest BCUT2D eigenvalue weighted by molar-refractivity contribution is 0.385. The highest BCUT2D eigenvalue weighted by Gasteiger charge is 2.15. The summed E-state index contributed by atoms with van der Waals surface area (Å²) in [5.41, 5.74) is 0. The third-order valence-electron chi connectivity index (χ3n) is 2.07. The first-order valence-corrected chi connectivity index (χ1v) is 5.65. The fraction of sp³-hybridized carbons (Fsp3) is 0.556. The van der Waals surface area contributed by atoms with Crippen LogP contribution in [0.15, 0.2) is 18.5 Å². The minimum Gasteiger partial charge on any atom is -0.316 e. The first-order chi connectivity index (χ1) is 6.45. The van der Waals surface area contributed by atoms with Crippen molar-refractivity contribution in [2.24, 2.45) is 5.92 Å². The van der Waals surface area contributed by atoms with E-state index in [-0.39, 0.29) is 0 Å². The third-order valence-corrected chi connectivity index (χ3v) is 3.24. The molecule has 0 unspecified atom stereocenters. The number of rotatable bonds is 4. The Morgan fingerprint density at radius 3 is 2.77 bits per heavy atom. The smallest absolute Gasteiger partial charge is 0.138 e. The Morgan fingerprint density at radius 2 is 2.15 bits per heavy atom. The largest absolute Gasteiger partial charge is 0.316 e. The normalized spacial score (nSPS) is 16.9. The molecule has 0 aliphatic carbocycles. The topological polar surface area (TPSA) is 37.8 Å². The molecule has 0 saturated carbocycles. The minimum absolute atomic E-state index is 0.869. The van der Waals surface area contributed by atoms with Crippen molar-refractivity contribution in [1.82, 2.24) is 15.3 Å². The van der Waals surface area contributed by atoms with Crippen LogP contribution in [-0.4, -0.2) is 28.8 Å². The van der Waals surface area contributed by atoms with Gasteiger partial charge in [0.15, 0.2) is 0 Å². The van der Waals surface area contributed by atoms with Crippen molar-refractivity contribution in [2.75, 3.05) is 18.8 Å². The molecule has 1 N–H and O–H groups in total. The fourth-order valence-corrected chi connectivity index (χ4v) is 2.21. The van der Waals surface area contributed by atoms with Crippen LogP contribution < -0.4 is 5.32 Å². The molecule has 0 spiro atoms. The predicted octanol–water partition coefficient (Wildman–Crippen LogP) is 0.929. The summed E-state index contributed by atoms with van der Waals surface area (Å²) < 4.78 is 0. The van der Waals surface area contributed by atoms with Crippen molar-refractivity contribution in [3.8, 4) is 0 Å². The lowest BCUT2D eigenvalue weighted by atomic mass is 10.1. The van der Waals surface area contributed by atoms with Crippen molar-refractivity contribution in [3.63, 3.8) is 0 Å². The van der Waals surface area contributed by atoms with E-state index in [1.165, 1.54) is 18.8 Å². The number of nitrogens with one attached hydrogen (secondary N) is 1. The van der Waals surface area contributed by atoms with E-state index in [4.69, 9.17) is 0 Å². The second-order valence-electron chi connectivity index (χ2n) is 3.20. The van der Waals surface area contributed by atoms with Crippen LogP contribution in [0.25, 0.3) is 0 Å². The van der Waals surface area contributed by atoms with Crippen LogP contribution in [0.5, 0.6) is 0 Å². The zero-order valence-electron chi connectivity index (χ0n) is 7.44. The van der Waals surface area contributed by atoms with Crippen LogP contribution in [0.2, 0.25) is 0 Å². The zero-order valence-corrected chi connectivity index (χ0v) is 8.26. The maximum absolute atomic E-state index is 4.17. The number of thioether (sulfide) groups is 1. The highest BCUT2D eigenvalue weighted by molar-refractivity contribution is 7.98. The second-order valence-corrected chi connectivity index (χ2v) is 4.23. The zero-order chi connectivity index (χ0) is 8.93. The average Bonchev–Trinajstić information content (AvgIpc) is 2.11. The van der Waals surface area contributed by atoms with Gasteiger partial charge in [0.1, 0.15) is 5.82 Å². The van der Waals surface area contributed by atoms with Crippen molar-refractivity contribution in [2.45, 2.75) is 5.75 Å². The van der Waals surface area contributed by atoms with Gasteiger partial charge in [0.2, 0.25) is 0 Å². The van der Waals surface area contributed by atoms with Crippen molar-refractivity contribution >= 4 is 11.8 Å². The Labute approximate surface area is 82.4 Å². The summed E-state index contributed by atoms with van der Waals surface area (Å²) in [4.78, 5) is 8.34. The van der Waals surface area contributed by atoms with Gasteiger partial charge in [0.25, 0.3) is 0 Å². The van der Waals surface area contributed by atoms with E-state index in [0.717, 1.165) is 17.5 Å². The minimum atomic E-state index is 0.869. The van der Waals surface area contributed by atoms with Gasteiger partial charge in [-0.2, -0.15) is 11.8 Å². The Morgan fingerprint density at radius 1 is 1.38 bits per heavy atom. The lowest BCUT2D eigenvalue weighted by Crippen LogP contribution is -2.43. The van der Waals surface area contributed by atoms with Gasteiger partial charge in [-0.1, -0.05) is 0 Å². The van der Waals surface area contributed by atoms with Crippen molar-refractivity contribution in [3.05, 3.63) is 24.3 Å². The highest BCUT2D eigenvalue weighted by Crippen LogP contribution is 2.15. The molecule has 3 nitrogen and oxygen atoms in total. The van der Waals surface area contributed by atoms with Crippen molar-refractivity contribution < 1.29 is 0 Å². The Hall–Kier alpha value is -0.610. The molecule has 1 aliphatic heterocycles. The van der Waals surface area contributed by atoms with Gasteiger partial charge in [0.05, 0.1) is 5.75 Å². The van der Waals surface area contributed by atoms with E-state index in [1.54, 1.807) is 12.4 Å². The maximum Gasteiger partial charge on any atom is 0.138 e. The van der Waals surface area contributed by atoms with Gasteiger partial charge >= 0.3 is 0 Å². The molecule has 0 bridgehead atoms. The van der Waals surface area contributed by atoms with Gasteiger partial charge in [-0.3, -0.25) is 0 Å². The average molecular weight is 195 g/mol. The molecule has 4 heteroatoms. The molecule has 1 aromatic heterocycles. The molecule has 1 aromatic rings. The molecule has 0 aromatic carbocycles. The van der Waals surface area contributed by atoms with Gasteiger partial charge in [0, 0.05) is 12.4 Å². The Kier molecular flexibility index (Phi) is 3.16. The van der Waals surface area contributed by atoms with Gasteiger partial charge in [-0.15, -0.1) is 0 Å². The number of nitrogens with zero attached hydrogens (tertiary/aromatic N) is 2. The number of aromatic nitrogens is 2. The molecule has 0 atom stereocenters. The summed E-state index contributed by atoms with van der Waals surface area (Å²) in [6, 6.07) is 1.85. The third kappa shape index (κ3) is 2.67. The van der Waals surface area contributed by atoms with Gasteiger partial charge < -0.3 is 5.32 Å². The molecule has 2 rings (SSSR count). The van der Waals surface area contributed by atoms with E-state index in [2.05, 4.69) is 15.3 Å². The highest BCUT2D eigenvalue weighted by atomic mass is 32.2. The molecular weight excluding hydrogens is 182 g/mol. The number of hydrogen-bond donors (Lipinski definition) is 1. The molecule has 70 valence electrons. The molecule has 0 amide bonds. The van der Waals surface area contributed by atoms with Crippen LogP contribution in [0.1, 0.15) is 5.82 Å². The second kappa shape index (κ2) is 4.58. The molecule has 1 fully saturated rings. The summed E-state index contributed by atoms with van der Waals surface area (Å²) in [7, 11) is 0. The summed E-state index contributed by atoms with van der Waals surface area (Å²) in [6.07, 6.45) is 3.60. The van der Waals surface area contributed by atoms with Gasteiger partial charge in [-0.05, 0) is 30.8 Å². The monoisotopic (exact) mass is 195 g/mol. The first-order valence-electron chi connectivity index (χ1n) is 4.49.